The summed E-state index contributed by atoms with van der Waals surface area (Å²) in [5.74, 6) is 0.859. The first-order valence-corrected chi connectivity index (χ1v) is 6.88. The lowest BCUT2D eigenvalue weighted by atomic mass is 9.85. The topological polar surface area (TPSA) is 59.8 Å². The molecule has 1 N–H and O–H groups in total. The normalized spacial score (nSPS) is 17.6. The molecule has 0 bridgehead atoms. The minimum absolute atomic E-state index is 0.0298. The van der Waals surface area contributed by atoms with Crippen molar-refractivity contribution in [1.29, 1.82) is 0 Å². The van der Waals surface area contributed by atoms with Crippen LogP contribution < -0.4 is 5.32 Å². The molecule has 0 saturated carbocycles. The van der Waals surface area contributed by atoms with E-state index in [9.17, 15) is 4.79 Å². The van der Waals surface area contributed by atoms with Gasteiger partial charge in [-0.25, -0.2) is 0 Å². The van der Waals surface area contributed by atoms with Crippen LogP contribution in [-0.4, -0.2) is 20.7 Å². The Morgan fingerprint density at radius 2 is 2.14 bits per heavy atom. The van der Waals surface area contributed by atoms with E-state index >= 15 is 0 Å². The van der Waals surface area contributed by atoms with E-state index in [0.717, 1.165) is 27.7 Å². The number of pyridine rings is 1. The molecule has 0 saturated heterocycles. The first kappa shape index (κ1) is 12.1. The van der Waals surface area contributed by atoms with E-state index in [1.165, 1.54) is 0 Å². The number of benzene rings is 1. The molecule has 3 heterocycles. The van der Waals surface area contributed by atoms with E-state index in [-0.39, 0.29) is 11.8 Å². The average molecular weight is 278 g/mol. The van der Waals surface area contributed by atoms with Crippen LogP contribution in [-0.2, 0) is 11.8 Å². The molecule has 5 heteroatoms. The minimum atomic E-state index is 0.0298. The van der Waals surface area contributed by atoms with Gasteiger partial charge in [0, 0.05) is 42.7 Å². The number of nitrogens with one attached hydrogen (secondary N) is 1. The largest absolute Gasteiger partial charge is 0.311 e. The Morgan fingerprint density at radius 3 is 3.05 bits per heavy atom. The third-order valence-corrected chi connectivity index (χ3v) is 4.08. The molecule has 5 nitrogen and oxygen atoms in total. The summed E-state index contributed by atoms with van der Waals surface area (Å²) in [6, 6.07) is 8.15. The highest BCUT2D eigenvalue weighted by molar-refractivity contribution is 5.96. The highest BCUT2D eigenvalue weighted by atomic mass is 16.1. The zero-order valence-corrected chi connectivity index (χ0v) is 11.6. The number of aryl methyl sites for hydroxylation is 1. The second-order valence-corrected chi connectivity index (χ2v) is 5.32. The molecule has 0 spiro atoms. The molecule has 0 fully saturated rings. The van der Waals surface area contributed by atoms with Gasteiger partial charge in [-0.3, -0.25) is 14.5 Å². The number of amides is 1. The number of carbonyl (C=O) groups is 1. The Morgan fingerprint density at radius 1 is 1.24 bits per heavy atom. The molecule has 3 aromatic rings. The summed E-state index contributed by atoms with van der Waals surface area (Å²) in [6.45, 7) is 0. The van der Waals surface area contributed by atoms with Crippen molar-refractivity contribution in [2.75, 3.05) is 5.32 Å². The molecule has 1 aromatic carbocycles. The standard InChI is InChI=1S/C16H14N4O/c1-20-16-14(9-18-20)13(7-15(21)19-16)12-4-2-3-10-8-17-6-5-11(10)12/h2-6,8-9,13H,7H2,1H3,(H,19,21)/t13-/m0/s1. The first-order valence-electron chi connectivity index (χ1n) is 6.88. The van der Waals surface area contributed by atoms with Crippen molar-refractivity contribution in [3.8, 4) is 0 Å². The van der Waals surface area contributed by atoms with Crippen LogP contribution in [0.4, 0.5) is 5.82 Å². The lowest BCUT2D eigenvalue weighted by Gasteiger charge is -2.24. The maximum atomic E-state index is 12.0. The van der Waals surface area contributed by atoms with E-state index in [0.29, 0.717) is 6.42 Å². The molecule has 1 aliphatic heterocycles. The van der Waals surface area contributed by atoms with E-state index in [4.69, 9.17) is 0 Å². The van der Waals surface area contributed by atoms with Crippen molar-refractivity contribution < 1.29 is 4.79 Å². The van der Waals surface area contributed by atoms with Crippen LogP contribution in [0.5, 0.6) is 0 Å². The van der Waals surface area contributed by atoms with E-state index in [1.807, 2.05) is 37.6 Å². The number of hydrogen-bond donors (Lipinski definition) is 1. The number of anilines is 1. The van der Waals surface area contributed by atoms with Gasteiger partial charge in [0.25, 0.3) is 0 Å². The monoisotopic (exact) mass is 278 g/mol. The number of aromatic nitrogens is 3. The molecule has 104 valence electrons. The highest BCUT2D eigenvalue weighted by Gasteiger charge is 2.30. The van der Waals surface area contributed by atoms with Crippen molar-refractivity contribution in [3.63, 3.8) is 0 Å². The summed E-state index contributed by atoms with van der Waals surface area (Å²) >= 11 is 0. The lowest BCUT2D eigenvalue weighted by molar-refractivity contribution is -0.116. The molecule has 0 aliphatic carbocycles. The van der Waals surface area contributed by atoms with Crippen LogP contribution in [0.3, 0.4) is 0 Å². The summed E-state index contributed by atoms with van der Waals surface area (Å²) < 4.78 is 1.71. The third-order valence-electron chi connectivity index (χ3n) is 4.08. The predicted octanol–water partition coefficient (Wildman–Crippen LogP) is 2.44. The fraction of sp³-hybridized carbons (Fsp3) is 0.188. The second-order valence-electron chi connectivity index (χ2n) is 5.32. The van der Waals surface area contributed by atoms with Gasteiger partial charge in [0.15, 0.2) is 0 Å². The van der Waals surface area contributed by atoms with Gasteiger partial charge in [-0.05, 0) is 17.0 Å². The van der Waals surface area contributed by atoms with Crippen molar-refractivity contribution >= 4 is 22.5 Å². The first-order chi connectivity index (χ1) is 10.2. The summed E-state index contributed by atoms with van der Waals surface area (Å²) in [6.07, 6.45) is 5.93. The maximum Gasteiger partial charge on any atom is 0.226 e. The number of nitrogens with zero attached hydrogens (tertiary/aromatic N) is 3. The molecule has 1 aliphatic rings. The Bertz CT molecular complexity index is 847. The van der Waals surface area contributed by atoms with Crippen molar-refractivity contribution in [2.45, 2.75) is 12.3 Å². The van der Waals surface area contributed by atoms with Gasteiger partial charge in [0.2, 0.25) is 5.91 Å². The summed E-state index contributed by atoms with van der Waals surface area (Å²) in [4.78, 5) is 16.2. The van der Waals surface area contributed by atoms with Gasteiger partial charge in [-0.1, -0.05) is 18.2 Å². The zero-order chi connectivity index (χ0) is 14.4. The summed E-state index contributed by atoms with van der Waals surface area (Å²) in [7, 11) is 1.84. The predicted molar refractivity (Wildman–Crippen MR) is 80.0 cm³/mol. The lowest BCUT2D eigenvalue weighted by Crippen LogP contribution is -2.24. The summed E-state index contributed by atoms with van der Waals surface area (Å²) in [5.41, 5.74) is 2.22. The molecule has 4 rings (SSSR count). The van der Waals surface area contributed by atoms with Crippen molar-refractivity contribution in [3.05, 3.63) is 54.0 Å². The van der Waals surface area contributed by atoms with Crippen LogP contribution in [0.15, 0.2) is 42.9 Å². The molecular weight excluding hydrogens is 264 g/mol. The van der Waals surface area contributed by atoms with Crippen LogP contribution in [0, 0.1) is 0 Å². The van der Waals surface area contributed by atoms with Gasteiger partial charge in [0.1, 0.15) is 5.82 Å². The van der Waals surface area contributed by atoms with Gasteiger partial charge in [0.05, 0.1) is 6.20 Å². The molecule has 0 unspecified atom stereocenters. The molecule has 1 atom stereocenters. The van der Waals surface area contributed by atoms with E-state index in [2.05, 4.69) is 21.5 Å². The van der Waals surface area contributed by atoms with Gasteiger partial charge in [-0.2, -0.15) is 5.10 Å². The molecule has 21 heavy (non-hydrogen) atoms. The van der Waals surface area contributed by atoms with Gasteiger partial charge >= 0.3 is 0 Å². The van der Waals surface area contributed by atoms with Crippen LogP contribution in [0.2, 0.25) is 0 Å². The highest BCUT2D eigenvalue weighted by Crippen LogP contribution is 2.39. The van der Waals surface area contributed by atoms with Crippen molar-refractivity contribution in [1.82, 2.24) is 14.8 Å². The average Bonchev–Trinajstić information content (AvgIpc) is 2.87. The molecular formula is C16H14N4O. The number of carbonyl (C=O) groups excluding carboxylic acids is 1. The minimum Gasteiger partial charge on any atom is -0.311 e. The fourth-order valence-corrected chi connectivity index (χ4v) is 3.07. The molecule has 1 amide bonds. The number of hydrogen-bond acceptors (Lipinski definition) is 3. The van der Waals surface area contributed by atoms with Gasteiger partial charge < -0.3 is 5.32 Å². The Labute approximate surface area is 121 Å². The Kier molecular flexibility index (Phi) is 2.54. The van der Waals surface area contributed by atoms with Crippen LogP contribution in [0.1, 0.15) is 23.5 Å². The number of rotatable bonds is 1. The molecule has 2 aromatic heterocycles. The second kappa shape index (κ2) is 4.41. The Hall–Kier alpha value is -2.69. The smallest absolute Gasteiger partial charge is 0.226 e. The fourth-order valence-electron chi connectivity index (χ4n) is 3.07. The van der Waals surface area contributed by atoms with Gasteiger partial charge in [-0.15, -0.1) is 0 Å². The zero-order valence-electron chi connectivity index (χ0n) is 11.6. The Balaban J connectivity index is 1.95. The van der Waals surface area contributed by atoms with Crippen molar-refractivity contribution in [2.24, 2.45) is 7.05 Å². The number of fused-ring (bicyclic) bond motifs is 2. The SMILES string of the molecule is Cn1ncc2c1NC(=O)C[C@H]2c1cccc2cnccc12. The maximum absolute atomic E-state index is 12.0. The van der Waals surface area contributed by atoms with E-state index < -0.39 is 0 Å². The van der Waals surface area contributed by atoms with E-state index in [1.54, 1.807) is 10.9 Å². The molecule has 0 radical (unpaired) electrons. The summed E-state index contributed by atoms with van der Waals surface area (Å²) in [5, 5.41) is 9.41. The third kappa shape index (κ3) is 1.81. The van der Waals surface area contributed by atoms with Crippen LogP contribution in [0.25, 0.3) is 10.8 Å². The quantitative estimate of drug-likeness (QED) is 0.743. The van der Waals surface area contributed by atoms with Crippen LogP contribution >= 0.6 is 0 Å².